The van der Waals surface area contributed by atoms with Gasteiger partial charge in [-0.05, 0) is 12.0 Å². The molecular weight excluding hydrogens is 310 g/mol. The van der Waals surface area contributed by atoms with Gasteiger partial charge in [-0.1, -0.05) is 57.5 Å². The second-order valence-corrected chi connectivity index (χ2v) is 7.15. The number of benzene rings is 1. The number of ether oxygens (including phenoxy) is 1. The first-order valence-electron chi connectivity index (χ1n) is 8.21. The van der Waals surface area contributed by atoms with Gasteiger partial charge in [-0.15, -0.1) is 11.8 Å². The number of thioether (sulfide) groups is 1. The van der Waals surface area contributed by atoms with E-state index in [1.54, 1.807) is 16.7 Å². The second-order valence-electron chi connectivity index (χ2n) is 6.03. The molecule has 1 aliphatic rings. The van der Waals surface area contributed by atoms with Crippen molar-refractivity contribution < 1.29 is 14.3 Å². The van der Waals surface area contributed by atoms with Crippen LogP contribution < -0.4 is 0 Å². The molecule has 1 aromatic rings. The first-order chi connectivity index (χ1) is 11.1. The summed E-state index contributed by atoms with van der Waals surface area (Å²) in [6.45, 7) is 6.22. The Labute approximate surface area is 142 Å². The zero-order valence-corrected chi connectivity index (χ0v) is 14.8. The molecule has 1 fully saturated rings. The minimum Gasteiger partial charge on any atom is -0.464 e. The molecule has 1 aromatic carbocycles. The van der Waals surface area contributed by atoms with E-state index >= 15 is 0 Å². The number of esters is 1. The first-order valence-corrected chi connectivity index (χ1v) is 9.26. The Kier molecular flexibility index (Phi) is 6.51. The number of amides is 1. The molecule has 1 aliphatic heterocycles. The maximum atomic E-state index is 12.7. The summed E-state index contributed by atoms with van der Waals surface area (Å²) in [6, 6.07) is 9.39. The van der Waals surface area contributed by atoms with Crippen LogP contribution in [0.5, 0.6) is 0 Å². The standard InChI is InChI=1S/C18H25NO3S/c1-4-5-11-22-18(21)15-12-23-17(14-9-7-6-8-10-14)19(15)16(20)13(2)3/h6-10,13,15,17H,4-5,11-12H2,1-3H3/t15-,17-/m1/s1. The van der Waals surface area contributed by atoms with Crippen molar-refractivity contribution in [2.75, 3.05) is 12.4 Å². The second kappa shape index (κ2) is 8.39. The molecule has 0 radical (unpaired) electrons. The van der Waals surface area contributed by atoms with Gasteiger partial charge in [-0.3, -0.25) is 4.79 Å². The predicted octanol–water partition coefficient (Wildman–Crippen LogP) is 3.63. The summed E-state index contributed by atoms with van der Waals surface area (Å²) >= 11 is 1.63. The molecule has 4 nitrogen and oxygen atoms in total. The summed E-state index contributed by atoms with van der Waals surface area (Å²) in [4.78, 5) is 26.8. The molecule has 0 aliphatic carbocycles. The van der Waals surface area contributed by atoms with Crippen LogP contribution in [0.1, 0.15) is 44.6 Å². The molecule has 0 N–H and O–H groups in total. The van der Waals surface area contributed by atoms with Crippen molar-refractivity contribution in [2.45, 2.75) is 45.0 Å². The Morgan fingerprint density at radius 3 is 2.61 bits per heavy atom. The number of nitrogens with zero attached hydrogens (tertiary/aromatic N) is 1. The summed E-state index contributed by atoms with van der Waals surface area (Å²) in [6.07, 6.45) is 1.83. The van der Waals surface area contributed by atoms with Gasteiger partial charge >= 0.3 is 5.97 Å². The molecule has 1 amide bonds. The highest BCUT2D eigenvalue weighted by molar-refractivity contribution is 7.99. The molecule has 2 rings (SSSR count). The van der Waals surface area contributed by atoms with Gasteiger partial charge in [0.1, 0.15) is 11.4 Å². The van der Waals surface area contributed by atoms with E-state index in [-0.39, 0.29) is 23.2 Å². The number of hydrogen-bond donors (Lipinski definition) is 0. The summed E-state index contributed by atoms with van der Waals surface area (Å²) in [5, 5.41) is -0.116. The number of carbonyl (C=O) groups excluding carboxylic acids is 2. The monoisotopic (exact) mass is 335 g/mol. The van der Waals surface area contributed by atoms with E-state index in [9.17, 15) is 9.59 Å². The number of carbonyl (C=O) groups is 2. The summed E-state index contributed by atoms with van der Waals surface area (Å²) in [5.74, 6) is 0.161. The maximum absolute atomic E-state index is 12.7. The molecule has 5 heteroatoms. The fraction of sp³-hybridized carbons (Fsp3) is 0.556. The Hall–Kier alpha value is -1.49. The van der Waals surface area contributed by atoms with Crippen LogP contribution in [0.15, 0.2) is 30.3 Å². The highest BCUT2D eigenvalue weighted by Gasteiger charge is 2.43. The van der Waals surface area contributed by atoms with Gasteiger partial charge in [0.2, 0.25) is 5.91 Å². The van der Waals surface area contributed by atoms with Crippen LogP contribution in [-0.2, 0) is 14.3 Å². The third kappa shape index (κ3) is 4.28. The molecule has 0 aromatic heterocycles. The molecule has 0 saturated carbocycles. The summed E-state index contributed by atoms with van der Waals surface area (Å²) in [5.41, 5.74) is 1.05. The summed E-state index contributed by atoms with van der Waals surface area (Å²) < 4.78 is 5.36. The minimum atomic E-state index is -0.489. The Balaban J connectivity index is 2.19. The molecule has 0 unspecified atom stereocenters. The fourth-order valence-electron chi connectivity index (χ4n) is 2.54. The Bertz CT molecular complexity index is 532. The molecule has 126 valence electrons. The lowest BCUT2D eigenvalue weighted by Crippen LogP contribution is -2.45. The molecular formula is C18H25NO3S. The molecule has 1 saturated heterocycles. The quantitative estimate of drug-likeness (QED) is 0.588. The van der Waals surface area contributed by atoms with Gasteiger partial charge < -0.3 is 9.64 Å². The van der Waals surface area contributed by atoms with Crippen molar-refractivity contribution in [3.05, 3.63) is 35.9 Å². The van der Waals surface area contributed by atoms with Crippen molar-refractivity contribution in [1.29, 1.82) is 0 Å². The highest BCUT2D eigenvalue weighted by Crippen LogP contribution is 2.42. The smallest absolute Gasteiger partial charge is 0.329 e. The fourth-order valence-corrected chi connectivity index (χ4v) is 3.97. The maximum Gasteiger partial charge on any atom is 0.329 e. The molecule has 0 bridgehead atoms. The summed E-state index contributed by atoms with van der Waals surface area (Å²) in [7, 11) is 0. The van der Waals surface area contributed by atoms with Crippen LogP contribution in [0.4, 0.5) is 0 Å². The van der Waals surface area contributed by atoms with E-state index in [2.05, 4.69) is 6.92 Å². The average Bonchev–Trinajstić information content (AvgIpc) is 2.99. The number of hydrogen-bond acceptors (Lipinski definition) is 4. The van der Waals surface area contributed by atoms with E-state index in [0.717, 1.165) is 18.4 Å². The van der Waals surface area contributed by atoms with E-state index < -0.39 is 6.04 Å². The van der Waals surface area contributed by atoms with E-state index in [1.807, 2.05) is 44.2 Å². The van der Waals surface area contributed by atoms with Crippen LogP contribution in [-0.4, -0.2) is 35.2 Å². The van der Waals surface area contributed by atoms with Crippen LogP contribution in [0, 0.1) is 5.92 Å². The molecule has 23 heavy (non-hydrogen) atoms. The number of rotatable bonds is 6. The minimum absolute atomic E-state index is 0.00120. The van der Waals surface area contributed by atoms with Gasteiger partial charge in [-0.2, -0.15) is 0 Å². The number of unbranched alkanes of at least 4 members (excludes halogenated alkanes) is 1. The van der Waals surface area contributed by atoms with Crippen molar-refractivity contribution in [1.82, 2.24) is 4.90 Å². The van der Waals surface area contributed by atoms with Crippen molar-refractivity contribution >= 4 is 23.6 Å². The van der Waals surface area contributed by atoms with Crippen molar-refractivity contribution in [3.8, 4) is 0 Å². The molecule has 1 heterocycles. The van der Waals surface area contributed by atoms with Crippen LogP contribution in [0.3, 0.4) is 0 Å². The SMILES string of the molecule is CCCCOC(=O)[C@H]1CS[C@H](c2ccccc2)N1C(=O)C(C)C. The van der Waals surface area contributed by atoms with Crippen LogP contribution in [0.25, 0.3) is 0 Å². The zero-order valence-electron chi connectivity index (χ0n) is 14.0. The van der Waals surface area contributed by atoms with E-state index in [1.165, 1.54) is 0 Å². The van der Waals surface area contributed by atoms with Gasteiger partial charge in [0.15, 0.2) is 0 Å². The Morgan fingerprint density at radius 1 is 1.30 bits per heavy atom. The van der Waals surface area contributed by atoms with Crippen molar-refractivity contribution in [2.24, 2.45) is 5.92 Å². The Morgan fingerprint density at radius 2 is 2.00 bits per heavy atom. The molecule has 2 atom stereocenters. The van der Waals surface area contributed by atoms with Crippen LogP contribution >= 0.6 is 11.8 Å². The van der Waals surface area contributed by atoms with Gasteiger partial charge in [0.05, 0.1) is 6.61 Å². The first kappa shape index (κ1) is 17.9. The predicted molar refractivity (Wildman–Crippen MR) is 93.0 cm³/mol. The largest absolute Gasteiger partial charge is 0.464 e. The van der Waals surface area contributed by atoms with Crippen LogP contribution in [0.2, 0.25) is 0 Å². The van der Waals surface area contributed by atoms with Gasteiger partial charge in [0, 0.05) is 11.7 Å². The van der Waals surface area contributed by atoms with Gasteiger partial charge in [0.25, 0.3) is 0 Å². The zero-order chi connectivity index (χ0) is 16.8. The van der Waals surface area contributed by atoms with Gasteiger partial charge in [-0.25, -0.2) is 4.79 Å². The van der Waals surface area contributed by atoms with E-state index in [4.69, 9.17) is 4.74 Å². The normalized spacial score (nSPS) is 20.8. The van der Waals surface area contributed by atoms with E-state index in [0.29, 0.717) is 12.4 Å². The lowest BCUT2D eigenvalue weighted by Gasteiger charge is -2.30. The topological polar surface area (TPSA) is 46.6 Å². The third-order valence-corrected chi connectivity index (χ3v) is 5.17. The lowest BCUT2D eigenvalue weighted by atomic mass is 10.1. The highest BCUT2D eigenvalue weighted by atomic mass is 32.2. The molecule has 0 spiro atoms. The average molecular weight is 335 g/mol. The van der Waals surface area contributed by atoms with Crippen molar-refractivity contribution in [3.63, 3.8) is 0 Å². The third-order valence-electron chi connectivity index (χ3n) is 3.85. The lowest BCUT2D eigenvalue weighted by molar-refractivity contribution is -0.155.